The Balaban J connectivity index is 1.61. The van der Waals surface area contributed by atoms with Gasteiger partial charge in [-0.25, -0.2) is 19.6 Å². The SMILES string of the molecule is O=C(Nc1c2c(cc3c1CCC3)CCC2)NS(=O)(=O)c1ncn[nH]1. The molecule has 4 rings (SSSR count). The van der Waals surface area contributed by atoms with Crippen LogP contribution in [0.3, 0.4) is 0 Å². The maximum Gasteiger partial charge on any atom is 0.333 e. The van der Waals surface area contributed by atoms with Gasteiger partial charge in [0.25, 0.3) is 5.16 Å². The summed E-state index contributed by atoms with van der Waals surface area (Å²) in [5.41, 5.74) is 5.61. The van der Waals surface area contributed by atoms with Crippen LogP contribution in [0.15, 0.2) is 17.6 Å². The summed E-state index contributed by atoms with van der Waals surface area (Å²) in [7, 11) is -4.06. The van der Waals surface area contributed by atoms with E-state index in [1.807, 2.05) is 4.72 Å². The molecule has 0 aliphatic heterocycles. The van der Waals surface area contributed by atoms with E-state index >= 15 is 0 Å². The molecule has 1 aromatic heterocycles. The van der Waals surface area contributed by atoms with Crippen LogP contribution in [0.2, 0.25) is 0 Å². The van der Waals surface area contributed by atoms with Crippen molar-refractivity contribution in [2.75, 3.05) is 5.32 Å². The van der Waals surface area contributed by atoms with Crippen molar-refractivity contribution in [3.05, 3.63) is 34.6 Å². The van der Waals surface area contributed by atoms with E-state index in [1.54, 1.807) is 0 Å². The second-order valence-corrected chi connectivity index (χ2v) is 7.68. The number of sulfonamides is 1. The third kappa shape index (κ3) is 2.54. The van der Waals surface area contributed by atoms with Crippen molar-refractivity contribution >= 4 is 21.7 Å². The lowest BCUT2D eigenvalue weighted by Gasteiger charge is -2.16. The van der Waals surface area contributed by atoms with E-state index in [4.69, 9.17) is 0 Å². The third-order valence-electron chi connectivity index (χ3n) is 4.59. The number of aromatic nitrogens is 3. The molecule has 0 radical (unpaired) electrons. The molecular weight excluding hydrogens is 330 g/mol. The molecule has 126 valence electrons. The molecule has 1 aromatic carbocycles. The number of nitrogens with zero attached hydrogens (tertiary/aromatic N) is 2. The molecule has 2 aliphatic carbocycles. The number of aryl methyl sites for hydroxylation is 2. The molecule has 0 fully saturated rings. The number of hydrogen-bond donors (Lipinski definition) is 3. The fraction of sp³-hybridized carbons (Fsp3) is 0.400. The number of benzene rings is 1. The topological polar surface area (TPSA) is 117 Å². The van der Waals surface area contributed by atoms with Gasteiger partial charge in [0, 0.05) is 5.69 Å². The van der Waals surface area contributed by atoms with E-state index in [9.17, 15) is 13.2 Å². The first-order valence-electron chi connectivity index (χ1n) is 7.90. The summed E-state index contributed by atoms with van der Waals surface area (Å²) in [6.45, 7) is 0. The molecule has 8 nitrogen and oxygen atoms in total. The Morgan fingerprint density at radius 1 is 1.08 bits per heavy atom. The summed E-state index contributed by atoms with van der Waals surface area (Å²) < 4.78 is 26.1. The number of nitrogens with one attached hydrogen (secondary N) is 3. The van der Waals surface area contributed by atoms with Crippen molar-refractivity contribution in [2.24, 2.45) is 0 Å². The number of carbonyl (C=O) groups excluding carboxylic acids is 1. The van der Waals surface area contributed by atoms with Gasteiger partial charge >= 0.3 is 16.1 Å². The van der Waals surface area contributed by atoms with Crippen LogP contribution in [0.4, 0.5) is 10.5 Å². The quantitative estimate of drug-likeness (QED) is 0.773. The lowest BCUT2D eigenvalue weighted by atomic mass is 9.99. The summed E-state index contributed by atoms with van der Waals surface area (Å²) >= 11 is 0. The second kappa shape index (κ2) is 5.59. The number of urea groups is 1. The van der Waals surface area contributed by atoms with Crippen LogP contribution < -0.4 is 10.0 Å². The second-order valence-electron chi connectivity index (χ2n) is 6.08. The van der Waals surface area contributed by atoms with E-state index in [0.717, 1.165) is 61.7 Å². The van der Waals surface area contributed by atoms with E-state index in [0.29, 0.717) is 0 Å². The number of fused-ring (bicyclic) bond motifs is 2. The molecule has 2 aromatic rings. The van der Waals surface area contributed by atoms with Crippen LogP contribution >= 0.6 is 0 Å². The van der Waals surface area contributed by atoms with Crippen LogP contribution in [-0.4, -0.2) is 29.6 Å². The van der Waals surface area contributed by atoms with Crippen molar-refractivity contribution < 1.29 is 13.2 Å². The average molecular weight is 347 g/mol. The predicted octanol–water partition coefficient (Wildman–Crippen LogP) is 1.29. The first-order chi connectivity index (χ1) is 11.5. The minimum atomic E-state index is -4.06. The van der Waals surface area contributed by atoms with E-state index < -0.39 is 16.1 Å². The van der Waals surface area contributed by atoms with E-state index in [2.05, 4.69) is 26.6 Å². The number of amides is 2. The smallest absolute Gasteiger partial charge is 0.307 e. The molecule has 2 aliphatic rings. The van der Waals surface area contributed by atoms with Gasteiger partial charge in [-0.15, -0.1) is 0 Å². The van der Waals surface area contributed by atoms with E-state index in [-0.39, 0.29) is 5.16 Å². The molecule has 0 saturated heterocycles. The summed E-state index contributed by atoms with van der Waals surface area (Å²) in [4.78, 5) is 15.8. The van der Waals surface area contributed by atoms with Gasteiger partial charge in [0.1, 0.15) is 6.33 Å². The number of rotatable bonds is 3. The number of carbonyl (C=O) groups is 1. The lowest BCUT2D eigenvalue weighted by Crippen LogP contribution is -2.35. The molecule has 0 unspecified atom stereocenters. The van der Waals surface area contributed by atoms with Gasteiger partial charge in [0.2, 0.25) is 0 Å². The summed E-state index contributed by atoms with van der Waals surface area (Å²) in [6, 6.07) is 1.47. The van der Waals surface area contributed by atoms with Crippen molar-refractivity contribution in [1.29, 1.82) is 0 Å². The van der Waals surface area contributed by atoms with Gasteiger partial charge < -0.3 is 5.32 Å². The summed E-state index contributed by atoms with van der Waals surface area (Å²) in [5, 5.41) is 8.11. The molecule has 0 spiro atoms. The standard InChI is InChI=1S/C15H17N5O3S/c21-14(20-24(22,23)15-16-8-17-19-15)18-13-11-5-1-3-9(11)7-10-4-2-6-12(10)13/h7-8H,1-6H2,(H,16,17,19)(H2,18,20,21). The molecule has 0 bridgehead atoms. The molecule has 1 heterocycles. The Bertz CT molecular complexity index is 873. The van der Waals surface area contributed by atoms with Crippen LogP contribution in [0, 0.1) is 0 Å². The highest BCUT2D eigenvalue weighted by molar-refractivity contribution is 7.89. The largest absolute Gasteiger partial charge is 0.333 e. The van der Waals surface area contributed by atoms with Crippen LogP contribution in [-0.2, 0) is 35.7 Å². The normalized spacial score (nSPS) is 15.8. The highest BCUT2D eigenvalue weighted by atomic mass is 32.2. The maximum absolute atomic E-state index is 12.3. The van der Waals surface area contributed by atoms with Gasteiger partial charge in [0.15, 0.2) is 0 Å². The zero-order chi connectivity index (χ0) is 16.7. The monoisotopic (exact) mass is 347 g/mol. The van der Waals surface area contributed by atoms with Gasteiger partial charge in [0.05, 0.1) is 0 Å². The van der Waals surface area contributed by atoms with Gasteiger partial charge in [-0.1, -0.05) is 6.07 Å². The van der Waals surface area contributed by atoms with Crippen molar-refractivity contribution in [3.8, 4) is 0 Å². The minimum Gasteiger partial charge on any atom is -0.307 e. The number of H-pyrrole nitrogens is 1. The van der Waals surface area contributed by atoms with Crippen molar-refractivity contribution in [2.45, 2.75) is 43.7 Å². The first kappa shape index (κ1) is 15.1. The fourth-order valence-corrected chi connectivity index (χ4v) is 4.35. The van der Waals surface area contributed by atoms with Gasteiger partial charge in [-0.05, 0) is 60.8 Å². The summed E-state index contributed by atoms with van der Waals surface area (Å²) in [5.74, 6) is 0. The summed E-state index contributed by atoms with van der Waals surface area (Å²) in [6.07, 6.45) is 7.03. The number of aromatic amines is 1. The predicted molar refractivity (Wildman–Crippen MR) is 86.2 cm³/mol. The van der Waals surface area contributed by atoms with Gasteiger partial charge in [-0.3, -0.25) is 0 Å². The zero-order valence-electron chi connectivity index (χ0n) is 12.9. The highest BCUT2D eigenvalue weighted by Crippen LogP contribution is 2.38. The molecular formula is C15H17N5O3S. The third-order valence-corrected chi connectivity index (χ3v) is 5.75. The van der Waals surface area contributed by atoms with Crippen LogP contribution in [0.25, 0.3) is 0 Å². The minimum absolute atomic E-state index is 0.388. The molecule has 24 heavy (non-hydrogen) atoms. The molecule has 2 amide bonds. The highest BCUT2D eigenvalue weighted by Gasteiger charge is 2.26. The molecule has 3 N–H and O–H groups in total. The van der Waals surface area contributed by atoms with Crippen LogP contribution in [0.1, 0.15) is 35.1 Å². The number of anilines is 1. The van der Waals surface area contributed by atoms with Crippen molar-refractivity contribution in [1.82, 2.24) is 19.9 Å². The fourth-order valence-electron chi connectivity index (χ4n) is 3.60. The average Bonchev–Trinajstić information content (AvgIpc) is 3.27. The lowest BCUT2D eigenvalue weighted by molar-refractivity contribution is 0.256. The molecule has 0 saturated carbocycles. The van der Waals surface area contributed by atoms with Gasteiger partial charge in [-0.2, -0.15) is 13.5 Å². The molecule has 0 atom stereocenters. The first-order valence-corrected chi connectivity index (χ1v) is 9.38. The van der Waals surface area contributed by atoms with Crippen molar-refractivity contribution in [3.63, 3.8) is 0 Å². The molecule has 9 heteroatoms. The number of hydrogen-bond acceptors (Lipinski definition) is 5. The Morgan fingerprint density at radius 3 is 2.33 bits per heavy atom. The Labute approximate surface area is 139 Å². The Morgan fingerprint density at radius 2 is 1.75 bits per heavy atom. The maximum atomic E-state index is 12.3. The van der Waals surface area contributed by atoms with E-state index in [1.165, 1.54) is 11.1 Å². The van der Waals surface area contributed by atoms with Crippen LogP contribution in [0.5, 0.6) is 0 Å². The Hall–Kier alpha value is -2.42. The zero-order valence-corrected chi connectivity index (χ0v) is 13.7. The Kier molecular flexibility index (Phi) is 3.52.